The number of halogens is 1. The fourth-order valence-corrected chi connectivity index (χ4v) is 2.50. The molecule has 3 N–H and O–H groups in total. The van der Waals surface area contributed by atoms with Crippen LogP contribution in [0.4, 0.5) is 0 Å². The van der Waals surface area contributed by atoms with Crippen molar-refractivity contribution in [2.45, 2.75) is 25.9 Å². The van der Waals surface area contributed by atoms with Gasteiger partial charge in [-0.2, -0.15) is 5.10 Å². The van der Waals surface area contributed by atoms with Crippen molar-refractivity contribution < 1.29 is 4.74 Å². The molecule has 2 rings (SSSR count). The number of hydrogen-bond acceptors (Lipinski definition) is 5. The smallest absolute Gasteiger partial charge is 0.161 e. The SMILES string of the molecule is COc1cnn(C(C)C)c1C(NN)c1cncc(Br)c1. The van der Waals surface area contributed by atoms with Crippen molar-refractivity contribution in [3.8, 4) is 5.75 Å². The summed E-state index contributed by atoms with van der Waals surface area (Å²) in [6.45, 7) is 4.12. The van der Waals surface area contributed by atoms with Crippen LogP contribution in [0.15, 0.2) is 29.1 Å². The Hall–Kier alpha value is -1.44. The summed E-state index contributed by atoms with van der Waals surface area (Å²) in [5.74, 6) is 6.44. The largest absolute Gasteiger partial charge is 0.493 e. The van der Waals surface area contributed by atoms with E-state index in [2.05, 4.69) is 45.3 Å². The summed E-state index contributed by atoms with van der Waals surface area (Å²) >= 11 is 3.42. The number of hydrazine groups is 1. The molecule has 0 amide bonds. The summed E-state index contributed by atoms with van der Waals surface area (Å²) in [6, 6.07) is 1.92. The highest BCUT2D eigenvalue weighted by atomic mass is 79.9. The summed E-state index contributed by atoms with van der Waals surface area (Å²) in [7, 11) is 1.62. The molecule has 0 aliphatic rings. The molecule has 2 aromatic rings. The zero-order chi connectivity index (χ0) is 14.7. The molecule has 0 fully saturated rings. The maximum Gasteiger partial charge on any atom is 0.161 e. The molecule has 0 radical (unpaired) electrons. The van der Waals surface area contributed by atoms with Crippen LogP contribution < -0.4 is 16.0 Å². The molecule has 2 aromatic heterocycles. The molecule has 0 aliphatic carbocycles. The standard InChI is InChI=1S/C13H18BrN5O/c1-8(2)19-13(11(20-3)7-17-19)12(18-15)9-4-10(14)6-16-5-9/h4-8,12,18H,15H2,1-3H3. The van der Waals surface area contributed by atoms with Gasteiger partial charge in [-0.1, -0.05) is 0 Å². The number of ether oxygens (including phenoxy) is 1. The molecule has 1 atom stereocenters. The maximum atomic E-state index is 5.75. The Labute approximate surface area is 126 Å². The number of methoxy groups -OCH3 is 1. The van der Waals surface area contributed by atoms with Crippen LogP contribution >= 0.6 is 15.9 Å². The van der Waals surface area contributed by atoms with Crippen molar-refractivity contribution in [1.29, 1.82) is 0 Å². The fourth-order valence-electron chi connectivity index (χ4n) is 2.12. The molecular weight excluding hydrogens is 322 g/mol. The third-order valence-corrected chi connectivity index (χ3v) is 3.44. The number of nitrogens with two attached hydrogens (primary N) is 1. The van der Waals surface area contributed by atoms with Gasteiger partial charge in [-0.3, -0.25) is 15.5 Å². The zero-order valence-corrected chi connectivity index (χ0v) is 13.3. The van der Waals surface area contributed by atoms with Crippen LogP contribution in [0.2, 0.25) is 0 Å². The minimum Gasteiger partial charge on any atom is -0.493 e. The van der Waals surface area contributed by atoms with Crippen LogP contribution in [-0.2, 0) is 0 Å². The topological polar surface area (TPSA) is 78.0 Å². The van der Waals surface area contributed by atoms with Gasteiger partial charge in [0, 0.05) is 22.9 Å². The first-order valence-electron chi connectivity index (χ1n) is 6.26. The minimum atomic E-state index is -0.250. The molecule has 1 unspecified atom stereocenters. The minimum absolute atomic E-state index is 0.199. The zero-order valence-electron chi connectivity index (χ0n) is 11.7. The van der Waals surface area contributed by atoms with E-state index >= 15 is 0 Å². The van der Waals surface area contributed by atoms with Crippen LogP contribution in [-0.4, -0.2) is 21.9 Å². The molecule has 2 heterocycles. The van der Waals surface area contributed by atoms with E-state index in [-0.39, 0.29) is 12.1 Å². The van der Waals surface area contributed by atoms with Gasteiger partial charge in [0.05, 0.1) is 19.3 Å². The van der Waals surface area contributed by atoms with Crippen molar-refractivity contribution in [1.82, 2.24) is 20.2 Å². The van der Waals surface area contributed by atoms with Crippen molar-refractivity contribution in [2.24, 2.45) is 5.84 Å². The van der Waals surface area contributed by atoms with Gasteiger partial charge in [0.2, 0.25) is 0 Å². The van der Waals surface area contributed by atoms with E-state index in [4.69, 9.17) is 10.6 Å². The van der Waals surface area contributed by atoms with E-state index in [0.29, 0.717) is 5.75 Å². The molecule has 0 saturated carbocycles. The lowest BCUT2D eigenvalue weighted by Gasteiger charge is -2.21. The second kappa shape index (κ2) is 6.34. The number of aromatic nitrogens is 3. The molecular formula is C13H18BrN5O. The van der Waals surface area contributed by atoms with E-state index in [1.807, 2.05) is 10.7 Å². The van der Waals surface area contributed by atoms with E-state index in [9.17, 15) is 0 Å². The van der Waals surface area contributed by atoms with Gasteiger partial charge in [0.25, 0.3) is 0 Å². The molecule has 0 saturated heterocycles. The second-order valence-corrected chi connectivity index (χ2v) is 5.59. The Balaban J connectivity index is 2.54. The molecule has 0 spiro atoms. The molecule has 108 valence electrons. The van der Waals surface area contributed by atoms with Gasteiger partial charge >= 0.3 is 0 Å². The normalized spacial score (nSPS) is 12.7. The lowest BCUT2D eigenvalue weighted by atomic mass is 10.1. The van der Waals surface area contributed by atoms with Gasteiger partial charge in [0.1, 0.15) is 5.69 Å². The Morgan fingerprint density at radius 2 is 2.10 bits per heavy atom. The third kappa shape index (κ3) is 2.84. The lowest BCUT2D eigenvalue weighted by Crippen LogP contribution is -2.31. The summed E-state index contributed by atoms with van der Waals surface area (Å²) in [5.41, 5.74) is 4.63. The van der Waals surface area contributed by atoms with Gasteiger partial charge in [-0.05, 0) is 41.4 Å². The highest BCUT2D eigenvalue weighted by Gasteiger charge is 2.24. The highest BCUT2D eigenvalue weighted by Crippen LogP contribution is 2.31. The van der Waals surface area contributed by atoms with Crippen LogP contribution in [0, 0.1) is 0 Å². The average molecular weight is 340 g/mol. The number of pyridine rings is 1. The summed E-state index contributed by atoms with van der Waals surface area (Å²) in [4.78, 5) is 4.18. The highest BCUT2D eigenvalue weighted by molar-refractivity contribution is 9.10. The number of rotatable bonds is 5. The molecule has 0 aromatic carbocycles. The second-order valence-electron chi connectivity index (χ2n) is 4.67. The molecule has 0 bridgehead atoms. The average Bonchev–Trinajstić information content (AvgIpc) is 2.84. The van der Waals surface area contributed by atoms with Crippen molar-refractivity contribution in [3.05, 3.63) is 40.4 Å². The predicted octanol–water partition coefficient (Wildman–Crippen LogP) is 2.18. The molecule has 20 heavy (non-hydrogen) atoms. The quantitative estimate of drug-likeness (QED) is 0.644. The third-order valence-electron chi connectivity index (χ3n) is 3.01. The Morgan fingerprint density at radius 1 is 1.35 bits per heavy atom. The predicted molar refractivity (Wildman–Crippen MR) is 80.3 cm³/mol. The monoisotopic (exact) mass is 339 g/mol. The first-order valence-corrected chi connectivity index (χ1v) is 7.05. The molecule has 6 nitrogen and oxygen atoms in total. The maximum absolute atomic E-state index is 5.75. The Morgan fingerprint density at radius 3 is 2.65 bits per heavy atom. The van der Waals surface area contributed by atoms with E-state index < -0.39 is 0 Å². The van der Waals surface area contributed by atoms with Crippen molar-refractivity contribution in [2.75, 3.05) is 7.11 Å². The lowest BCUT2D eigenvalue weighted by molar-refractivity contribution is 0.394. The van der Waals surface area contributed by atoms with E-state index in [1.165, 1.54) is 0 Å². The van der Waals surface area contributed by atoms with Gasteiger partial charge < -0.3 is 4.74 Å². The fraction of sp³-hybridized carbons (Fsp3) is 0.385. The number of nitrogens with zero attached hydrogens (tertiary/aromatic N) is 3. The van der Waals surface area contributed by atoms with Crippen LogP contribution in [0.1, 0.15) is 37.2 Å². The molecule has 7 heteroatoms. The van der Waals surface area contributed by atoms with Crippen LogP contribution in [0.5, 0.6) is 5.75 Å². The van der Waals surface area contributed by atoms with Crippen molar-refractivity contribution in [3.63, 3.8) is 0 Å². The first-order chi connectivity index (χ1) is 9.58. The van der Waals surface area contributed by atoms with Gasteiger partial charge in [0.15, 0.2) is 5.75 Å². The number of nitrogens with one attached hydrogen (secondary N) is 1. The number of hydrogen-bond donors (Lipinski definition) is 2. The van der Waals surface area contributed by atoms with E-state index in [1.54, 1.807) is 25.7 Å². The van der Waals surface area contributed by atoms with Crippen LogP contribution in [0.25, 0.3) is 0 Å². The van der Waals surface area contributed by atoms with E-state index in [0.717, 1.165) is 15.7 Å². The van der Waals surface area contributed by atoms with Gasteiger partial charge in [-0.25, -0.2) is 5.43 Å². The first kappa shape index (κ1) is 15.0. The van der Waals surface area contributed by atoms with Crippen LogP contribution in [0.3, 0.4) is 0 Å². The molecule has 0 aliphatic heterocycles. The summed E-state index contributed by atoms with van der Waals surface area (Å²) < 4.78 is 8.19. The van der Waals surface area contributed by atoms with Gasteiger partial charge in [-0.15, -0.1) is 0 Å². The Bertz CT molecular complexity index is 584. The summed E-state index contributed by atoms with van der Waals surface area (Å²) in [6.07, 6.45) is 5.20. The summed E-state index contributed by atoms with van der Waals surface area (Å²) in [5, 5.41) is 4.37. The Kier molecular flexibility index (Phi) is 4.74. The van der Waals surface area contributed by atoms with Crippen molar-refractivity contribution >= 4 is 15.9 Å².